The van der Waals surface area contributed by atoms with Crippen molar-refractivity contribution in [1.29, 1.82) is 0 Å². The van der Waals surface area contributed by atoms with Gasteiger partial charge in [0.2, 0.25) is 0 Å². The average Bonchev–Trinajstić information content (AvgIpc) is 2.75. The molecule has 2 unspecified atom stereocenters. The van der Waals surface area contributed by atoms with E-state index in [2.05, 4.69) is 59.2 Å². The molecule has 152 valence electrons. The van der Waals surface area contributed by atoms with Crippen LogP contribution in [0.2, 0.25) is 0 Å². The van der Waals surface area contributed by atoms with Crippen molar-refractivity contribution in [3.05, 3.63) is 64.7 Å². The van der Waals surface area contributed by atoms with Gasteiger partial charge in [-0.2, -0.15) is 0 Å². The van der Waals surface area contributed by atoms with E-state index in [1.54, 1.807) is 0 Å². The second-order valence-electron chi connectivity index (χ2n) is 7.71. The van der Waals surface area contributed by atoms with Crippen LogP contribution in [0.5, 0.6) is 0 Å². The lowest BCUT2D eigenvalue weighted by Crippen LogP contribution is -2.58. The van der Waals surface area contributed by atoms with E-state index >= 15 is 0 Å². The highest BCUT2D eigenvalue weighted by Crippen LogP contribution is 2.28. The van der Waals surface area contributed by atoms with Crippen LogP contribution < -0.4 is 16.4 Å². The third-order valence-electron chi connectivity index (χ3n) is 6.21. The summed E-state index contributed by atoms with van der Waals surface area (Å²) >= 11 is 0. The lowest BCUT2D eigenvalue weighted by Gasteiger charge is -2.44. The minimum absolute atomic E-state index is 0.229. The molecule has 0 saturated carbocycles. The van der Waals surface area contributed by atoms with Crippen LogP contribution >= 0.6 is 0 Å². The van der Waals surface area contributed by atoms with Crippen molar-refractivity contribution in [3.8, 4) is 0 Å². The van der Waals surface area contributed by atoms with Gasteiger partial charge in [-0.15, -0.1) is 0 Å². The number of hydrogen-bond acceptors (Lipinski definition) is 4. The molecule has 4 nitrogen and oxygen atoms in total. The number of para-hydroxylation sites is 1. The van der Waals surface area contributed by atoms with Crippen molar-refractivity contribution in [2.45, 2.75) is 52.2 Å². The molecule has 0 amide bonds. The molecule has 4 rings (SSSR count). The molecule has 1 heterocycles. The van der Waals surface area contributed by atoms with Crippen LogP contribution in [0.1, 0.15) is 36.1 Å². The van der Waals surface area contributed by atoms with Crippen molar-refractivity contribution in [3.63, 3.8) is 0 Å². The second kappa shape index (κ2) is 9.55. The van der Waals surface area contributed by atoms with Crippen LogP contribution in [0.3, 0.4) is 0 Å². The Hall–Kier alpha value is -1.88. The molecule has 1 fully saturated rings. The fourth-order valence-electron chi connectivity index (χ4n) is 4.68. The lowest BCUT2D eigenvalue weighted by atomic mass is 9.82. The number of nitrogens with two attached hydrogens (primary N) is 2. The van der Waals surface area contributed by atoms with Crippen LogP contribution in [0, 0.1) is 6.92 Å². The van der Waals surface area contributed by atoms with Gasteiger partial charge in [0.05, 0.1) is 0 Å². The predicted molar refractivity (Wildman–Crippen MR) is 120 cm³/mol. The number of hydrogen-bond donors (Lipinski definition) is 2. The number of piperazine rings is 1. The molecule has 1 aliphatic heterocycles. The molecular formula is C24H36N4. The monoisotopic (exact) mass is 380 g/mol. The normalized spacial score (nSPS) is 22.2. The van der Waals surface area contributed by atoms with Crippen LogP contribution in [0.4, 0.5) is 5.69 Å². The summed E-state index contributed by atoms with van der Waals surface area (Å²) in [5.74, 6) is 0. The molecule has 28 heavy (non-hydrogen) atoms. The molecule has 0 spiro atoms. The Morgan fingerprint density at radius 2 is 1.64 bits per heavy atom. The van der Waals surface area contributed by atoms with E-state index < -0.39 is 0 Å². The van der Waals surface area contributed by atoms with Gasteiger partial charge in [-0.05, 0) is 48.1 Å². The largest absolute Gasteiger partial charge is 0.369 e. The number of fused-ring (bicyclic) bond motifs is 1. The Bertz CT molecular complexity index is 765. The number of benzene rings is 2. The number of anilines is 1. The molecule has 2 aromatic rings. The summed E-state index contributed by atoms with van der Waals surface area (Å²) in [6.45, 7) is 11.0. The van der Waals surface area contributed by atoms with Crippen molar-refractivity contribution >= 4 is 5.69 Å². The fourth-order valence-corrected chi connectivity index (χ4v) is 4.68. The first kappa shape index (κ1) is 20.8. The summed E-state index contributed by atoms with van der Waals surface area (Å²) in [4.78, 5) is 5.09. The van der Waals surface area contributed by atoms with E-state index in [1.807, 2.05) is 13.8 Å². The molecule has 2 aliphatic rings. The number of aryl methyl sites for hydroxylation is 1. The van der Waals surface area contributed by atoms with Gasteiger partial charge in [-0.3, -0.25) is 4.90 Å². The highest BCUT2D eigenvalue weighted by atomic mass is 15.3. The smallest absolute Gasteiger partial charge is 0.0412 e. The Kier molecular flexibility index (Phi) is 7.11. The summed E-state index contributed by atoms with van der Waals surface area (Å²) in [6, 6.07) is 15.8. The molecule has 0 radical (unpaired) electrons. The predicted octanol–water partition coefficient (Wildman–Crippen LogP) is 3.10. The first-order chi connectivity index (χ1) is 13.7. The van der Waals surface area contributed by atoms with Crippen molar-refractivity contribution in [1.82, 2.24) is 4.90 Å². The molecule has 2 atom stereocenters. The average molecular weight is 381 g/mol. The van der Waals surface area contributed by atoms with Crippen molar-refractivity contribution in [2.75, 3.05) is 31.1 Å². The summed E-state index contributed by atoms with van der Waals surface area (Å²) in [5, 5.41) is 0. The quantitative estimate of drug-likeness (QED) is 0.859. The summed E-state index contributed by atoms with van der Waals surface area (Å²) in [6.07, 6.45) is 2.08. The second-order valence-corrected chi connectivity index (χ2v) is 7.71. The van der Waals surface area contributed by atoms with Crippen molar-refractivity contribution < 1.29 is 0 Å². The Morgan fingerprint density at radius 3 is 2.36 bits per heavy atom. The lowest BCUT2D eigenvalue weighted by molar-refractivity contribution is 0.153. The van der Waals surface area contributed by atoms with Crippen LogP contribution in [0.15, 0.2) is 42.5 Å². The first-order valence-corrected chi connectivity index (χ1v) is 10.8. The maximum absolute atomic E-state index is 6.59. The molecule has 1 aliphatic carbocycles. The maximum Gasteiger partial charge on any atom is 0.0412 e. The molecule has 4 heteroatoms. The zero-order valence-corrected chi connectivity index (χ0v) is 17.7. The van der Waals surface area contributed by atoms with E-state index in [4.69, 9.17) is 11.5 Å². The van der Waals surface area contributed by atoms with Gasteiger partial charge in [0.1, 0.15) is 0 Å². The van der Waals surface area contributed by atoms with Crippen molar-refractivity contribution in [2.24, 2.45) is 11.5 Å². The summed E-state index contributed by atoms with van der Waals surface area (Å²) in [5.41, 5.74) is 19.4. The minimum atomic E-state index is 0.229. The van der Waals surface area contributed by atoms with E-state index in [0.717, 1.165) is 39.0 Å². The summed E-state index contributed by atoms with van der Waals surface area (Å²) < 4.78 is 0. The molecule has 2 aromatic carbocycles. The number of rotatable bonds is 3. The van der Waals surface area contributed by atoms with Gasteiger partial charge < -0.3 is 16.4 Å². The Labute approximate surface area is 170 Å². The van der Waals surface area contributed by atoms with Crippen LogP contribution in [-0.4, -0.2) is 43.2 Å². The topological polar surface area (TPSA) is 58.5 Å². The van der Waals surface area contributed by atoms with E-state index in [0.29, 0.717) is 12.6 Å². The zero-order chi connectivity index (χ0) is 20.1. The molecule has 0 bridgehead atoms. The van der Waals surface area contributed by atoms with Gasteiger partial charge in [0, 0.05) is 50.5 Å². The number of nitrogens with zero attached hydrogens (tertiary/aromatic N) is 2. The molecule has 0 aromatic heterocycles. The standard InChI is InChI=1S/C22H30N4.C2H6/c1-16-5-4-7-17-13-20(24)22(14-19(16)17)26-11-9-25(10-12-26)21-8-3-2-6-18(21)15-23;1-2/h2-8,20,22H,9-15,23-24H2,1H3;1-2H3. The summed E-state index contributed by atoms with van der Waals surface area (Å²) in [7, 11) is 0. The highest BCUT2D eigenvalue weighted by molar-refractivity contribution is 5.54. The third kappa shape index (κ3) is 4.24. The third-order valence-corrected chi connectivity index (χ3v) is 6.21. The van der Waals surface area contributed by atoms with Gasteiger partial charge in [-0.1, -0.05) is 50.2 Å². The van der Waals surface area contributed by atoms with Gasteiger partial charge in [0.15, 0.2) is 0 Å². The van der Waals surface area contributed by atoms with E-state index in [1.165, 1.54) is 27.9 Å². The molecular weight excluding hydrogens is 344 g/mol. The Balaban J connectivity index is 0.00000109. The first-order valence-electron chi connectivity index (χ1n) is 10.8. The van der Waals surface area contributed by atoms with E-state index in [9.17, 15) is 0 Å². The molecule has 1 saturated heterocycles. The van der Waals surface area contributed by atoms with Crippen LogP contribution in [0.25, 0.3) is 0 Å². The van der Waals surface area contributed by atoms with Crippen LogP contribution in [-0.2, 0) is 19.4 Å². The zero-order valence-electron chi connectivity index (χ0n) is 17.7. The maximum atomic E-state index is 6.59. The molecule has 4 N–H and O–H groups in total. The van der Waals surface area contributed by atoms with Gasteiger partial charge in [0.25, 0.3) is 0 Å². The Morgan fingerprint density at radius 1 is 0.929 bits per heavy atom. The fraction of sp³-hybridized carbons (Fsp3) is 0.500. The van der Waals surface area contributed by atoms with Gasteiger partial charge in [-0.25, -0.2) is 0 Å². The minimum Gasteiger partial charge on any atom is -0.369 e. The van der Waals surface area contributed by atoms with Gasteiger partial charge >= 0.3 is 0 Å². The SMILES string of the molecule is CC.Cc1cccc2c1CC(N1CCN(c3ccccc3CN)CC1)C(N)C2. The highest BCUT2D eigenvalue weighted by Gasteiger charge is 2.33. The van der Waals surface area contributed by atoms with E-state index in [-0.39, 0.29) is 6.04 Å².